The van der Waals surface area contributed by atoms with Crippen molar-refractivity contribution in [2.45, 2.75) is 51.7 Å². The molecule has 0 N–H and O–H groups in total. The van der Waals surface area contributed by atoms with E-state index < -0.39 is 0 Å². The van der Waals surface area contributed by atoms with Crippen LogP contribution < -0.4 is 9.47 Å². The van der Waals surface area contributed by atoms with Gasteiger partial charge in [-0.15, -0.1) is 0 Å². The van der Waals surface area contributed by atoms with Gasteiger partial charge in [0.2, 0.25) is 0 Å². The van der Waals surface area contributed by atoms with Crippen LogP contribution >= 0.6 is 0 Å². The molecule has 0 heterocycles. The summed E-state index contributed by atoms with van der Waals surface area (Å²) in [6.07, 6.45) is 3.91. The molecule has 4 rings (SSSR count). The first kappa shape index (κ1) is 24.6. The highest BCUT2D eigenvalue weighted by atomic mass is 16.5. The Morgan fingerprint density at radius 2 is 0.886 bits per heavy atom. The van der Waals surface area contributed by atoms with Crippen molar-refractivity contribution < 1.29 is 14.2 Å². The normalized spacial score (nSPS) is 12.6. The predicted molar refractivity (Wildman–Crippen MR) is 142 cm³/mol. The Morgan fingerprint density at radius 1 is 0.486 bits per heavy atom. The van der Waals surface area contributed by atoms with Crippen LogP contribution in [0.3, 0.4) is 0 Å². The number of rotatable bonds is 12. The lowest BCUT2D eigenvalue weighted by molar-refractivity contribution is -0.0248. The average Bonchev–Trinajstić information content (AvgIpc) is 2.89. The molecule has 0 saturated carbocycles. The largest absolute Gasteiger partial charge is 0.457 e. The lowest BCUT2D eigenvalue weighted by atomic mass is 10.0. The maximum absolute atomic E-state index is 6.80. The summed E-state index contributed by atoms with van der Waals surface area (Å²) in [7, 11) is 0. The molecule has 2 atom stereocenters. The second-order valence-electron chi connectivity index (χ2n) is 8.67. The van der Waals surface area contributed by atoms with E-state index in [-0.39, 0.29) is 12.2 Å². The zero-order valence-corrected chi connectivity index (χ0v) is 20.6. The first-order valence-corrected chi connectivity index (χ1v) is 12.6. The summed E-state index contributed by atoms with van der Waals surface area (Å²) in [5.41, 5.74) is 2.27. The zero-order chi connectivity index (χ0) is 24.3. The van der Waals surface area contributed by atoms with E-state index in [1.165, 1.54) is 0 Å². The van der Waals surface area contributed by atoms with Crippen molar-refractivity contribution in [2.75, 3.05) is 0 Å². The van der Waals surface area contributed by atoms with Crippen molar-refractivity contribution in [3.8, 4) is 23.0 Å². The lowest BCUT2D eigenvalue weighted by Gasteiger charge is -2.26. The summed E-state index contributed by atoms with van der Waals surface area (Å²) in [5, 5.41) is 0. The van der Waals surface area contributed by atoms with E-state index in [2.05, 4.69) is 38.1 Å². The zero-order valence-electron chi connectivity index (χ0n) is 20.6. The Hall–Kier alpha value is -3.56. The molecule has 0 amide bonds. The van der Waals surface area contributed by atoms with E-state index in [4.69, 9.17) is 14.2 Å². The highest BCUT2D eigenvalue weighted by Gasteiger charge is 2.20. The fourth-order valence-electron chi connectivity index (χ4n) is 4.16. The second-order valence-corrected chi connectivity index (χ2v) is 8.67. The third-order valence-corrected chi connectivity index (χ3v) is 5.85. The predicted octanol–water partition coefficient (Wildman–Crippen LogP) is 9.67. The molecule has 3 heteroatoms. The van der Waals surface area contributed by atoms with Crippen LogP contribution in [0.5, 0.6) is 23.0 Å². The van der Waals surface area contributed by atoms with Gasteiger partial charge in [-0.1, -0.05) is 87.4 Å². The number of hydrogen-bond donors (Lipinski definition) is 0. The number of hydrogen-bond acceptors (Lipinski definition) is 3. The van der Waals surface area contributed by atoms with Crippen molar-refractivity contribution in [1.82, 2.24) is 0 Å². The molecular formula is C32H34O3. The molecule has 0 saturated heterocycles. The summed E-state index contributed by atoms with van der Waals surface area (Å²) in [6, 6.07) is 36.3. The Kier molecular flexibility index (Phi) is 8.97. The molecule has 3 nitrogen and oxygen atoms in total. The SMILES string of the molecule is CCCC(OC(CCC)c1cccc(Oc2ccccc2)c1)c1cccc(Oc2ccccc2)c1. The number of benzene rings is 4. The maximum Gasteiger partial charge on any atom is 0.127 e. The number of para-hydroxylation sites is 2. The third kappa shape index (κ3) is 7.21. The molecule has 0 radical (unpaired) electrons. The molecule has 2 unspecified atom stereocenters. The van der Waals surface area contributed by atoms with Gasteiger partial charge in [-0.3, -0.25) is 0 Å². The molecule has 0 spiro atoms. The molecule has 180 valence electrons. The van der Waals surface area contributed by atoms with Crippen molar-refractivity contribution in [3.63, 3.8) is 0 Å². The topological polar surface area (TPSA) is 27.7 Å². The van der Waals surface area contributed by atoms with Crippen molar-refractivity contribution in [1.29, 1.82) is 0 Å². The molecule has 0 aliphatic carbocycles. The van der Waals surface area contributed by atoms with E-state index in [1.807, 2.05) is 84.9 Å². The van der Waals surface area contributed by atoms with Gasteiger partial charge in [-0.25, -0.2) is 0 Å². The van der Waals surface area contributed by atoms with Crippen molar-refractivity contribution in [3.05, 3.63) is 120 Å². The van der Waals surface area contributed by atoms with Gasteiger partial charge in [-0.05, 0) is 72.5 Å². The summed E-state index contributed by atoms with van der Waals surface area (Å²) < 4.78 is 19.0. The van der Waals surface area contributed by atoms with Crippen LogP contribution in [0.4, 0.5) is 0 Å². The average molecular weight is 467 g/mol. The maximum atomic E-state index is 6.80. The lowest BCUT2D eigenvalue weighted by Crippen LogP contribution is -2.11. The second kappa shape index (κ2) is 12.8. The molecule has 35 heavy (non-hydrogen) atoms. The van der Waals surface area contributed by atoms with Gasteiger partial charge in [0, 0.05) is 0 Å². The van der Waals surface area contributed by atoms with Crippen LogP contribution in [0.25, 0.3) is 0 Å². The van der Waals surface area contributed by atoms with Crippen molar-refractivity contribution in [2.24, 2.45) is 0 Å². The molecular weight excluding hydrogens is 432 g/mol. The summed E-state index contributed by atoms with van der Waals surface area (Å²) in [4.78, 5) is 0. The van der Waals surface area contributed by atoms with Crippen LogP contribution in [-0.2, 0) is 4.74 Å². The molecule has 4 aromatic rings. The summed E-state index contributed by atoms with van der Waals surface area (Å²) >= 11 is 0. The smallest absolute Gasteiger partial charge is 0.127 e. The third-order valence-electron chi connectivity index (χ3n) is 5.85. The van der Waals surface area contributed by atoms with Gasteiger partial charge in [0.1, 0.15) is 23.0 Å². The molecule has 4 aromatic carbocycles. The van der Waals surface area contributed by atoms with Crippen LogP contribution in [0, 0.1) is 0 Å². The molecule has 0 bridgehead atoms. The van der Waals surface area contributed by atoms with Gasteiger partial charge in [0.15, 0.2) is 0 Å². The Balaban J connectivity index is 1.53. The van der Waals surface area contributed by atoms with Gasteiger partial charge in [-0.2, -0.15) is 0 Å². The van der Waals surface area contributed by atoms with Crippen molar-refractivity contribution >= 4 is 0 Å². The van der Waals surface area contributed by atoms with E-state index in [1.54, 1.807) is 0 Å². The summed E-state index contributed by atoms with van der Waals surface area (Å²) in [5.74, 6) is 3.31. The monoisotopic (exact) mass is 466 g/mol. The van der Waals surface area contributed by atoms with E-state index in [9.17, 15) is 0 Å². The van der Waals surface area contributed by atoms with Gasteiger partial charge in [0.25, 0.3) is 0 Å². The summed E-state index contributed by atoms with van der Waals surface area (Å²) in [6.45, 7) is 4.40. The Bertz CT molecular complexity index is 1060. The van der Waals surface area contributed by atoms with Crippen LogP contribution in [0.2, 0.25) is 0 Å². The fraction of sp³-hybridized carbons (Fsp3) is 0.250. The minimum absolute atomic E-state index is 0.0189. The minimum atomic E-state index is -0.0189. The van der Waals surface area contributed by atoms with Crippen LogP contribution in [0.15, 0.2) is 109 Å². The van der Waals surface area contributed by atoms with E-state index >= 15 is 0 Å². The van der Waals surface area contributed by atoms with Gasteiger partial charge < -0.3 is 14.2 Å². The first-order valence-electron chi connectivity index (χ1n) is 12.6. The number of ether oxygens (including phenoxy) is 3. The highest BCUT2D eigenvalue weighted by Crippen LogP contribution is 2.36. The minimum Gasteiger partial charge on any atom is -0.457 e. The van der Waals surface area contributed by atoms with Crippen LogP contribution in [0.1, 0.15) is 62.9 Å². The Labute approximate surface area is 209 Å². The van der Waals surface area contributed by atoms with E-state index in [0.717, 1.165) is 59.8 Å². The standard InChI is InChI=1S/C32H34O3/c1-3-13-31(25-15-11-21-29(23-25)33-27-17-7-5-8-18-27)35-32(14-4-2)26-16-12-22-30(24-26)34-28-19-9-6-10-20-28/h5-12,15-24,31-32H,3-4,13-14H2,1-2H3. The Morgan fingerprint density at radius 3 is 1.29 bits per heavy atom. The van der Waals surface area contributed by atoms with Crippen LogP contribution in [-0.4, -0.2) is 0 Å². The molecule has 0 aromatic heterocycles. The highest BCUT2D eigenvalue weighted by molar-refractivity contribution is 5.36. The molecule has 0 aliphatic rings. The quantitative estimate of drug-likeness (QED) is 0.208. The first-order chi connectivity index (χ1) is 17.2. The fourth-order valence-corrected chi connectivity index (χ4v) is 4.16. The van der Waals surface area contributed by atoms with E-state index in [0.29, 0.717) is 0 Å². The molecule has 0 aliphatic heterocycles. The van der Waals surface area contributed by atoms with Gasteiger partial charge >= 0.3 is 0 Å². The molecule has 0 fully saturated rings. The van der Waals surface area contributed by atoms with Gasteiger partial charge in [0.05, 0.1) is 12.2 Å².